The Kier molecular flexibility index (Phi) is 11.5. The quantitative estimate of drug-likeness (QED) is 0.0894. The average Bonchev–Trinajstić information content (AvgIpc) is 3.17. The summed E-state index contributed by atoms with van der Waals surface area (Å²) < 4.78 is 12.9. The van der Waals surface area contributed by atoms with Gasteiger partial charge in [0.05, 0.1) is 12.7 Å². The van der Waals surface area contributed by atoms with Crippen molar-refractivity contribution in [1.82, 2.24) is 0 Å². The summed E-state index contributed by atoms with van der Waals surface area (Å²) in [6.45, 7) is 0.0626. The maximum absolute atomic E-state index is 13.9. The molecule has 2 atom stereocenters. The summed E-state index contributed by atoms with van der Waals surface area (Å²) in [6.07, 6.45) is 0.812. The van der Waals surface area contributed by atoms with E-state index in [1.807, 2.05) is 127 Å². The molecule has 4 heteroatoms. The molecule has 0 fully saturated rings. The first-order valence-electron chi connectivity index (χ1n) is 16.9. The van der Waals surface area contributed by atoms with E-state index in [0.29, 0.717) is 12.8 Å². The second-order valence-corrected chi connectivity index (χ2v) is 12.4. The molecule has 0 bridgehead atoms. The third kappa shape index (κ3) is 8.60. The van der Waals surface area contributed by atoms with E-state index in [2.05, 4.69) is 48.5 Å². The van der Waals surface area contributed by atoms with Crippen molar-refractivity contribution in [3.8, 4) is 0 Å². The highest BCUT2D eigenvalue weighted by Gasteiger charge is 2.40. The number of ether oxygens (including phenoxy) is 2. The Morgan fingerprint density at radius 1 is 0.551 bits per heavy atom. The lowest BCUT2D eigenvalue weighted by Gasteiger charge is -2.37. The lowest BCUT2D eigenvalue weighted by Crippen LogP contribution is -2.40. The standard InChI is InChI=1S/C45H42O4/c46-43(30-29-36-21-16-22-38(32-36)31-35-17-6-1-7-18-35)42(44(47)48-33-37-19-8-2-9-20-37)34-49-45(39-23-10-3-11-24-39,40-25-12-4-13-26-40)41-27-14-5-15-28-41/h1-28,32,42-43,46H,29-31,33-34H2/t42-,43+/m0/s1. The lowest BCUT2D eigenvalue weighted by molar-refractivity contribution is -0.159. The van der Waals surface area contributed by atoms with E-state index in [0.717, 1.165) is 34.2 Å². The van der Waals surface area contributed by atoms with Gasteiger partial charge in [-0.25, -0.2) is 0 Å². The number of carbonyl (C=O) groups is 1. The smallest absolute Gasteiger partial charge is 0.314 e. The van der Waals surface area contributed by atoms with Crippen molar-refractivity contribution in [3.63, 3.8) is 0 Å². The molecule has 0 aliphatic carbocycles. The first-order chi connectivity index (χ1) is 24.1. The van der Waals surface area contributed by atoms with E-state index in [9.17, 15) is 9.90 Å². The van der Waals surface area contributed by atoms with Gasteiger partial charge in [-0.05, 0) is 58.2 Å². The molecule has 0 aliphatic heterocycles. The van der Waals surface area contributed by atoms with Gasteiger partial charge >= 0.3 is 5.97 Å². The van der Waals surface area contributed by atoms with Gasteiger partial charge < -0.3 is 14.6 Å². The normalized spacial score (nSPS) is 12.6. The molecule has 0 radical (unpaired) electrons. The van der Waals surface area contributed by atoms with Crippen LogP contribution in [0.4, 0.5) is 0 Å². The number of carbonyl (C=O) groups excluding carboxylic acids is 1. The van der Waals surface area contributed by atoms with Crippen LogP contribution in [-0.2, 0) is 39.3 Å². The molecule has 6 aromatic carbocycles. The fourth-order valence-electron chi connectivity index (χ4n) is 6.40. The van der Waals surface area contributed by atoms with Gasteiger partial charge in [0.25, 0.3) is 0 Å². The van der Waals surface area contributed by atoms with Crippen LogP contribution in [0.1, 0.15) is 45.4 Å². The second kappa shape index (κ2) is 16.7. The summed E-state index contributed by atoms with van der Waals surface area (Å²) in [4.78, 5) is 13.9. The molecule has 49 heavy (non-hydrogen) atoms. The Labute approximate surface area is 289 Å². The van der Waals surface area contributed by atoms with E-state index in [-0.39, 0.29) is 13.2 Å². The minimum absolute atomic E-state index is 0.0540. The van der Waals surface area contributed by atoms with E-state index >= 15 is 0 Å². The highest BCUT2D eigenvalue weighted by molar-refractivity contribution is 5.73. The molecule has 0 spiro atoms. The zero-order valence-corrected chi connectivity index (χ0v) is 27.6. The predicted molar refractivity (Wildman–Crippen MR) is 195 cm³/mol. The Balaban J connectivity index is 1.28. The predicted octanol–water partition coefficient (Wildman–Crippen LogP) is 8.94. The van der Waals surface area contributed by atoms with E-state index < -0.39 is 23.6 Å². The Bertz CT molecular complexity index is 1760. The molecule has 246 valence electrons. The van der Waals surface area contributed by atoms with Crippen molar-refractivity contribution in [2.24, 2.45) is 5.92 Å². The van der Waals surface area contributed by atoms with Crippen LogP contribution in [-0.4, -0.2) is 23.8 Å². The molecule has 0 aliphatic rings. The Morgan fingerprint density at radius 3 is 1.53 bits per heavy atom. The van der Waals surface area contributed by atoms with Crippen LogP contribution in [0.3, 0.4) is 0 Å². The fourth-order valence-corrected chi connectivity index (χ4v) is 6.40. The van der Waals surface area contributed by atoms with Crippen molar-refractivity contribution in [3.05, 3.63) is 215 Å². The van der Waals surface area contributed by atoms with E-state index in [4.69, 9.17) is 9.47 Å². The SMILES string of the molecule is O=C(OCc1ccccc1)[C@@H](COC(c1ccccc1)(c1ccccc1)c1ccccc1)[C@H](O)CCc1cccc(Cc2ccccc2)c1. The van der Waals surface area contributed by atoms with Crippen LogP contribution in [0.15, 0.2) is 176 Å². The van der Waals surface area contributed by atoms with Gasteiger partial charge in [-0.1, -0.05) is 176 Å². The minimum atomic E-state index is -1.03. The topological polar surface area (TPSA) is 55.8 Å². The van der Waals surface area contributed by atoms with Crippen molar-refractivity contribution < 1.29 is 19.4 Å². The number of aliphatic hydroxyl groups excluding tert-OH is 1. The number of aryl methyl sites for hydroxylation is 1. The number of esters is 1. The first-order valence-corrected chi connectivity index (χ1v) is 16.9. The van der Waals surface area contributed by atoms with Gasteiger partial charge in [0.2, 0.25) is 0 Å². The molecular weight excluding hydrogens is 604 g/mol. The molecule has 0 amide bonds. The number of hydrogen-bond acceptors (Lipinski definition) is 4. The lowest BCUT2D eigenvalue weighted by atomic mass is 9.80. The molecule has 6 rings (SSSR count). The van der Waals surface area contributed by atoms with Crippen molar-refractivity contribution in [1.29, 1.82) is 0 Å². The van der Waals surface area contributed by atoms with Gasteiger partial charge in [-0.3, -0.25) is 4.79 Å². The highest BCUT2D eigenvalue weighted by atomic mass is 16.5. The molecule has 0 saturated carbocycles. The number of benzene rings is 6. The first kappa shape index (κ1) is 33.6. The van der Waals surface area contributed by atoms with E-state index in [1.54, 1.807) is 0 Å². The zero-order chi connectivity index (χ0) is 33.7. The van der Waals surface area contributed by atoms with Gasteiger partial charge in [-0.2, -0.15) is 0 Å². The number of rotatable bonds is 15. The second-order valence-electron chi connectivity index (χ2n) is 12.4. The summed E-state index contributed by atoms with van der Waals surface area (Å²) in [7, 11) is 0. The average molecular weight is 647 g/mol. The van der Waals surface area contributed by atoms with Crippen LogP contribution >= 0.6 is 0 Å². The number of aliphatic hydroxyl groups is 1. The molecule has 6 aromatic rings. The van der Waals surface area contributed by atoms with Crippen molar-refractivity contribution in [2.45, 2.75) is 37.6 Å². The van der Waals surface area contributed by atoms with Crippen LogP contribution < -0.4 is 0 Å². The highest BCUT2D eigenvalue weighted by Crippen LogP contribution is 2.41. The summed E-state index contributed by atoms with van der Waals surface area (Å²) in [5, 5.41) is 11.8. The van der Waals surface area contributed by atoms with Gasteiger partial charge in [0, 0.05) is 0 Å². The van der Waals surface area contributed by atoms with Crippen LogP contribution in [0.25, 0.3) is 0 Å². The fraction of sp³-hybridized carbons (Fsp3) is 0.178. The van der Waals surface area contributed by atoms with Gasteiger partial charge in [-0.15, -0.1) is 0 Å². The van der Waals surface area contributed by atoms with Crippen molar-refractivity contribution >= 4 is 5.97 Å². The molecule has 0 unspecified atom stereocenters. The maximum Gasteiger partial charge on any atom is 0.314 e. The molecular formula is C45H42O4. The van der Waals surface area contributed by atoms with Crippen LogP contribution in [0.2, 0.25) is 0 Å². The van der Waals surface area contributed by atoms with Crippen LogP contribution in [0, 0.1) is 5.92 Å². The summed E-state index contributed by atoms with van der Waals surface area (Å²) in [6, 6.07) is 58.6. The number of hydrogen-bond donors (Lipinski definition) is 1. The van der Waals surface area contributed by atoms with E-state index in [1.165, 1.54) is 11.1 Å². The molecule has 0 heterocycles. The third-order valence-corrected chi connectivity index (χ3v) is 8.98. The largest absolute Gasteiger partial charge is 0.460 e. The summed E-state index contributed by atoms with van der Waals surface area (Å²) >= 11 is 0. The van der Waals surface area contributed by atoms with Crippen molar-refractivity contribution in [2.75, 3.05) is 6.61 Å². The van der Waals surface area contributed by atoms with Gasteiger partial charge in [0.1, 0.15) is 18.1 Å². The molecule has 4 nitrogen and oxygen atoms in total. The zero-order valence-electron chi connectivity index (χ0n) is 27.6. The monoisotopic (exact) mass is 646 g/mol. The third-order valence-electron chi connectivity index (χ3n) is 8.98. The van der Waals surface area contributed by atoms with Crippen LogP contribution in [0.5, 0.6) is 0 Å². The summed E-state index contributed by atoms with van der Waals surface area (Å²) in [5.41, 5.74) is 6.18. The Morgan fingerprint density at radius 2 is 1.00 bits per heavy atom. The molecule has 0 saturated heterocycles. The Hall–Kier alpha value is -5.29. The summed E-state index contributed by atoms with van der Waals surface area (Å²) in [5.74, 6) is -1.41. The minimum Gasteiger partial charge on any atom is -0.460 e. The maximum atomic E-state index is 13.9. The molecule has 1 N–H and O–H groups in total. The van der Waals surface area contributed by atoms with Gasteiger partial charge in [0.15, 0.2) is 0 Å². The molecule has 0 aromatic heterocycles.